The molecule has 4 nitrogen and oxygen atoms in total. The topological polar surface area (TPSA) is 50.4 Å². The van der Waals surface area contributed by atoms with Crippen molar-refractivity contribution in [3.05, 3.63) is 58.9 Å². The maximum atomic E-state index is 13.6. The Labute approximate surface area is 133 Å². The Morgan fingerprint density at radius 2 is 2.05 bits per heavy atom. The van der Waals surface area contributed by atoms with E-state index in [4.69, 9.17) is 16.3 Å². The van der Waals surface area contributed by atoms with Crippen molar-refractivity contribution < 1.29 is 13.9 Å². The Hall–Kier alpha value is -2.27. The van der Waals surface area contributed by atoms with Crippen LogP contribution in [0.5, 0.6) is 5.75 Å². The second kappa shape index (κ2) is 7.66. The van der Waals surface area contributed by atoms with Gasteiger partial charge in [0.2, 0.25) is 0 Å². The third-order valence-corrected chi connectivity index (χ3v) is 3.29. The quantitative estimate of drug-likeness (QED) is 0.878. The molecule has 0 aliphatic rings. The lowest BCUT2D eigenvalue weighted by Crippen LogP contribution is -2.30. The van der Waals surface area contributed by atoms with E-state index in [1.54, 1.807) is 7.11 Å². The highest BCUT2D eigenvalue weighted by Crippen LogP contribution is 2.19. The molecule has 2 aromatic rings. The number of hydrogen-bond donors (Lipinski definition) is 2. The molecule has 116 valence electrons. The van der Waals surface area contributed by atoms with E-state index >= 15 is 0 Å². The Kier molecular flexibility index (Phi) is 5.61. The summed E-state index contributed by atoms with van der Waals surface area (Å²) in [5.41, 5.74) is 1.07. The SMILES string of the molecule is COc1ccccc1CCNC(=O)Nc1ccc(Cl)cc1F. The summed E-state index contributed by atoms with van der Waals surface area (Å²) in [5, 5.41) is 5.38. The van der Waals surface area contributed by atoms with Gasteiger partial charge in [-0.25, -0.2) is 9.18 Å². The number of urea groups is 1. The molecule has 0 unspecified atom stereocenters. The average Bonchev–Trinajstić information content (AvgIpc) is 2.50. The molecule has 2 N–H and O–H groups in total. The monoisotopic (exact) mass is 322 g/mol. The molecule has 0 saturated heterocycles. The zero-order chi connectivity index (χ0) is 15.9. The summed E-state index contributed by atoms with van der Waals surface area (Å²) in [6.07, 6.45) is 0.612. The predicted octanol–water partition coefficient (Wildman–Crippen LogP) is 3.85. The number of methoxy groups -OCH3 is 1. The number of amides is 2. The molecule has 0 spiro atoms. The number of carbonyl (C=O) groups excluding carboxylic acids is 1. The average molecular weight is 323 g/mol. The molecule has 22 heavy (non-hydrogen) atoms. The summed E-state index contributed by atoms with van der Waals surface area (Å²) >= 11 is 5.65. The zero-order valence-corrected chi connectivity index (χ0v) is 12.8. The third kappa shape index (κ3) is 4.36. The van der Waals surface area contributed by atoms with Gasteiger partial charge in [0.1, 0.15) is 11.6 Å². The smallest absolute Gasteiger partial charge is 0.319 e. The van der Waals surface area contributed by atoms with Gasteiger partial charge in [0.25, 0.3) is 0 Å². The van der Waals surface area contributed by atoms with Crippen LogP contribution in [0.1, 0.15) is 5.56 Å². The van der Waals surface area contributed by atoms with Crippen molar-refractivity contribution in [2.45, 2.75) is 6.42 Å². The van der Waals surface area contributed by atoms with E-state index in [2.05, 4.69) is 10.6 Å². The number of anilines is 1. The fourth-order valence-corrected chi connectivity index (χ4v) is 2.14. The molecule has 0 saturated carbocycles. The van der Waals surface area contributed by atoms with Gasteiger partial charge in [-0.3, -0.25) is 0 Å². The molecular formula is C16H16ClFN2O2. The Bertz CT molecular complexity index is 664. The molecule has 0 aliphatic carbocycles. The first-order chi connectivity index (χ1) is 10.6. The molecule has 2 aromatic carbocycles. The van der Waals surface area contributed by atoms with Gasteiger partial charge in [0.15, 0.2) is 0 Å². The number of hydrogen-bond acceptors (Lipinski definition) is 2. The van der Waals surface area contributed by atoms with Crippen molar-refractivity contribution in [3.8, 4) is 5.75 Å². The van der Waals surface area contributed by atoms with Crippen LogP contribution < -0.4 is 15.4 Å². The predicted molar refractivity (Wildman–Crippen MR) is 85.1 cm³/mol. The van der Waals surface area contributed by atoms with Crippen LogP contribution in [-0.2, 0) is 6.42 Å². The maximum Gasteiger partial charge on any atom is 0.319 e. The van der Waals surface area contributed by atoms with E-state index in [0.29, 0.717) is 13.0 Å². The number of rotatable bonds is 5. The van der Waals surface area contributed by atoms with Gasteiger partial charge in [-0.2, -0.15) is 0 Å². The molecular weight excluding hydrogens is 307 g/mol. The van der Waals surface area contributed by atoms with Gasteiger partial charge in [-0.1, -0.05) is 29.8 Å². The Morgan fingerprint density at radius 1 is 1.27 bits per heavy atom. The van der Waals surface area contributed by atoms with Gasteiger partial charge in [-0.05, 0) is 36.2 Å². The second-order valence-corrected chi connectivity index (χ2v) is 5.00. The number of ether oxygens (including phenoxy) is 1. The van der Waals surface area contributed by atoms with Gasteiger partial charge in [0, 0.05) is 11.6 Å². The highest BCUT2D eigenvalue weighted by Gasteiger charge is 2.07. The minimum absolute atomic E-state index is 0.0826. The highest BCUT2D eigenvalue weighted by atomic mass is 35.5. The van der Waals surface area contributed by atoms with E-state index in [-0.39, 0.29) is 10.7 Å². The lowest BCUT2D eigenvalue weighted by molar-refractivity contribution is 0.252. The number of benzene rings is 2. The molecule has 0 atom stereocenters. The molecule has 2 amide bonds. The first-order valence-electron chi connectivity index (χ1n) is 6.72. The standard InChI is InChI=1S/C16H16ClFN2O2/c1-22-15-5-3-2-4-11(15)8-9-19-16(21)20-14-7-6-12(17)10-13(14)18/h2-7,10H,8-9H2,1H3,(H2,19,20,21). The molecule has 0 aliphatic heterocycles. The van der Waals surface area contributed by atoms with Crippen molar-refractivity contribution in [2.75, 3.05) is 19.0 Å². The number of carbonyl (C=O) groups is 1. The maximum absolute atomic E-state index is 13.6. The highest BCUT2D eigenvalue weighted by molar-refractivity contribution is 6.30. The lowest BCUT2D eigenvalue weighted by Gasteiger charge is -2.10. The molecule has 6 heteroatoms. The van der Waals surface area contributed by atoms with Crippen LogP contribution in [0, 0.1) is 5.82 Å². The molecule has 0 heterocycles. The van der Waals surface area contributed by atoms with Crippen LogP contribution in [0.25, 0.3) is 0 Å². The zero-order valence-electron chi connectivity index (χ0n) is 12.0. The first-order valence-corrected chi connectivity index (χ1v) is 7.09. The van der Waals surface area contributed by atoms with Gasteiger partial charge in [-0.15, -0.1) is 0 Å². The van der Waals surface area contributed by atoms with Crippen LogP contribution >= 0.6 is 11.6 Å². The summed E-state index contributed by atoms with van der Waals surface area (Å²) < 4.78 is 18.8. The van der Waals surface area contributed by atoms with E-state index < -0.39 is 11.8 Å². The number of halogens is 2. The van der Waals surface area contributed by atoms with Crippen LogP contribution in [-0.4, -0.2) is 19.7 Å². The summed E-state index contributed by atoms with van der Waals surface area (Å²) in [7, 11) is 1.60. The lowest BCUT2D eigenvalue weighted by atomic mass is 10.1. The van der Waals surface area contributed by atoms with E-state index in [1.165, 1.54) is 12.1 Å². The fraction of sp³-hybridized carbons (Fsp3) is 0.188. The van der Waals surface area contributed by atoms with Crippen LogP contribution in [0.2, 0.25) is 5.02 Å². The Morgan fingerprint density at radius 3 is 2.77 bits per heavy atom. The van der Waals surface area contributed by atoms with E-state index in [9.17, 15) is 9.18 Å². The first kappa shape index (κ1) is 16.1. The summed E-state index contributed by atoms with van der Waals surface area (Å²) in [4.78, 5) is 11.7. The number of para-hydroxylation sites is 1. The number of nitrogens with one attached hydrogen (secondary N) is 2. The van der Waals surface area contributed by atoms with Crippen LogP contribution in [0.15, 0.2) is 42.5 Å². The van der Waals surface area contributed by atoms with Gasteiger partial charge in [0.05, 0.1) is 12.8 Å². The van der Waals surface area contributed by atoms with E-state index in [0.717, 1.165) is 17.4 Å². The molecule has 2 rings (SSSR count). The largest absolute Gasteiger partial charge is 0.496 e. The summed E-state index contributed by atoms with van der Waals surface area (Å²) in [5.74, 6) is 0.195. The van der Waals surface area contributed by atoms with Crippen molar-refractivity contribution in [1.29, 1.82) is 0 Å². The second-order valence-electron chi connectivity index (χ2n) is 4.57. The molecule has 0 radical (unpaired) electrons. The fourth-order valence-electron chi connectivity index (χ4n) is 1.98. The van der Waals surface area contributed by atoms with Gasteiger partial charge < -0.3 is 15.4 Å². The van der Waals surface area contributed by atoms with Crippen LogP contribution in [0.3, 0.4) is 0 Å². The van der Waals surface area contributed by atoms with Crippen molar-refractivity contribution >= 4 is 23.3 Å². The molecule has 0 fully saturated rings. The van der Waals surface area contributed by atoms with Crippen molar-refractivity contribution in [1.82, 2.24) is 5.32 Å². The third-order valence-electron chi connectivity index (χ3n) is 3.05. The van der Waals surface area contributed by atoms with E-state index in [1.807, 2.05) is 24.3 Å². The minimum Gasteiger partial charge on any atom is -0.496 e. The Balaban J connectivity index is 1.85. The van der Waals surface area contributed by atoms with Crippen molar-refractivity contribution in [2.24, 2.45) is 0 Å². The van der Waals surface area contributed by atoms with Gasteiger partial charge >= 0.3 is 6.03 Å². The summed E-state index contributed by atoms with van der Waals surface area (Å²) in [6, 6.07) is 11.2. The van der Waals surface area contributed by atoms with Crippen LogP contribution in [0.4, 0.5) is 14.9 Å². The minimum atomic E-state index is -0.577. The summed E-state index contributed by atoms with van der Waals surface area (Å²) in [6.45, 7) is 0.404. The van der Waals surface area contributed by atoms with Crippen molar-refractivity contribution in [3.63, 3.8) is 0 Å². The normalized spacial score (nSPS) is 10.1. The molecule has 0 bridgehead atoms. The molecule has 0 aromatic heterocycles.